The number of hydrogen-bond donors (Lipinski definition) is 4. The summed E-state index contributed by atoms with van der Waals surface area (Å²) in [6.07, 6.45) is 0.987. The molecule has 1 aromatic carbocycles. The van der Waals surface area contributed by atoms with E-state index in [1.165, 1.54) is 4.57 Å². The molecule has 0 aliphatic rings. The number of amides is 1. The molecule has 0 unspecified atom stereocenters. The lowest BCUT2D eigenvalue weighted by atomic mass is 10.2. The summed E-state index contributed by atoms with van der Waals surface area (Å²) in [4.78, 5) is 31.0. The SMILES string of the molecule is CN(C)CCC(=O)N(CCCn1c(N)c(C(=N)N)[nH]c1=O)Cc1ccccc1. The van der Waals surface area contributed by atoms with E-state index in [9.17, 15) is 9.59 Å². The standard InChI is InChI=1S/C19H29N7O2/c1-24(2)12-9-15(27)25(13-14-7-4-3-5-8-14)10-6-11-26-18(22)16(17(20)21)23-19(26)28/h3-5,7-8H,6,9-13,22H2,1-2H3,(H3,20,21)(H,23,28). The van der Waals surface area contributed by atoms with Crippen LogP contribution < -0.4 is 17.2 Å². The van der Waals surface area contributed by atoms with Gasteiger partial charge in [-0.15, -0.1) is 0 Å². The monoisotopic (exact) mass is 387 g/mol. The third-order valence-corrected chi connectivity index (χ3v) is 4.44. The van der Waals surface area contributed by atoms with Gasteiger partial charge in [0.15, 0.2) is 0 Å². The molecule has 1 amide bonds. The minimum atomic E-state index is -0.406. The Hall–Kier alpha value is -3.07. The predicted molar refractivity (Wildman–Crippen MR) is 110 cm³/mol. The van der Waals surface area contributed by atoms with Gasteiger partial charge in [0.1, 0.15) is 17.3 Å². The number of amidine groups is 1. The number of anilines is 1. The zero-order valence-electron chi connectivity index (χ0n) is 16.4. The molecule has 0 saturated carbocycles. The van der Waals surface area contributed by atoms with Gasteiger partial charge in [0.25, 0.3) is 0 Å². The molecule has 0 spiro atoms. The van der Waals surface area contributed by atoms with Crippen LogP contribution >= 0.6 is 0 Å². The van der Waals surface area contributed by atoms with E-state index in [0.29, 0.717) is 39.0 Å². The molecule has 0 radical (unpaired) electrons. The summed E-state index contributed by atoms with van der Waals surface area (Å²) in [5.74, 6) is -0.0691. The van der Waals surface area contributed by atoms with Crippen LogP contribution in [0.3, 0.4) is 0 Å². The first-order valence-electron chi connectivity index (χ1n) is 9.18. The van der Waals surface area contributed by atoms with Crippen molar-refractivity contribution in [2.75, 3.05) is 32.9 Å². The first-order chi connectivity index (χ1) is 13.3. The smallest absolute Gasteiger partial charge is 0.327 e. The Morgan fingerprint density at radius 1 is 1.21 bits per heavy atom. The molecule has 9 nitrogen and oxygen atoms in total. The Balaban J connectivity index is 2.05. The van der Waals surface area contributed by atoms with Gasteiger partial charge in [-0.1, -0.05) is 30.3 Å². The van der Waals surface area contributed by atoms with Gasteiger partial charge < -0.3 is 26.3 Å². The number of carbonyl (C=O) groups excluding carboxylic acids is 1. The highest BCUT2D eigenvalue weighted by molar-refractivity contribution is 5.97. The lowest BCUT2D eigenvalue weighted by Crippen LogP contribution is -2.34. The summed E-state index contributed by atoms with van der Waals surface area (Å²) in [5, 5.41) is 7.45. The lowest BCUT2D eigenvalue weighted by molar-refractivity contribution is -0.132. The van der Waals surface area contributed by atoms with Crippen LogP contribution in [0.25, 0.3) is 0 Å². The van der Waals surface area contributed by atoms with Gasteiger partial charge >= 0.3 is 5.69 Å². The third-order valence-electron chi connectivity index (χ3n) is 4.44. The van der Waals surface area contributed by atoms with E-state index in [-0.39, 0.29) is 23.3 Å². The average Bonchev–Trinajstić information content (AvgIpc) is 2.94. The van der Waals surface area contributed by atoms with Crippen LogP contribution in [0.1, 0.15) is 24.1 Å². The van der Waals surface area contributed by atoms with Gasteiger partial charge in [-0.25, -0.2) is 4.79 Å². The number of H-pyrrole nitrogens is 1. The zero-order valence-corrected chi connectivity index (χ0v) is 16.4. The molecule has 0 aliphatic carbocycles. The molecule has 28 heavy (non-hydrogen) atoms. The van der Waals surface area contributed by atoms with Crippen molar-refractivity contribution in [3.05, 3.63) is 52.1 Å². The first kappa shape index (κ1) is 21.2. The maximum absolute atomic E-state index is 12.7. The van der Waals surface area contributed by atoms with Gasteiger partial charge in [0, 0.05) is 32.6 Å². The molecule has 9 heteroatoms. The molecule has 152 valence electrons. The van der Waals surface area contributed by atoms with Crippen molar-refractivity contribution in [3.8, 4) is 0 Å². The number of nitrogens with zero attached hydrogens (tertiary/aromatic N) is 3. The topological polar surface area (TPSA) is 137 Å². The third kappa shape index (κ3) is 5.71. The summed E-state index contributed by atoms with van der Waals surface area (Å²) in [5.41, 5.74) is 12.1. The number of nitrogens with two attached hydrogens (primary N) is 2. The van der Waals surface area contributed by atoms with Gasteiger partial charge in [-0.3, -0.25) is 14.8 Å². The van der Waals surface area contributed by atoms with Crippen LogP contribution in [0.4, 0.5) is 5.82 Å². The lowest BCUT2D eigenvalue weighted by Gasteiger charge is -2.24. The van der Waals surface area contributed by atoms with Crippen LogP contribution in [0.5, 0.6) is 0 Å². The molecule has 0 bridgehead atoms. The molecule has 0 atom stereocenters. The van der Waals surface area contributed by atoms with Crippen LogP contribution in [-0.2, 0) is 17.9 Å². The minimum Gasteiger partial charge on any atom is -0.383 e. The molecular weight excluding hydrogens is 358 g/mol. The fourth-order valence-corrected chi connectivity index (χ4v) is 2.90. The van der Waals surface area contributed by atoms with Crippen LogP contribution in [0.2, 0.25) is 0 Å². The van der Waals surface area contributed by atoms with Crippen molar-refractivity contribution < 1.29 is 4.79 Å². The van der Waals surface area contributed by atoms with E-state index in [2.05, 4.69) is 4.98 Å². The molecule has 0 fully saturated rings. The second kappa shape index (κ2) is 9.75. The Bertz CT molecular complexity index is 855. The molecule has 1 heterocycles. The number of carbonyl (C=O) groups is 1. The number of imidazole rings is 1. The number of aromatic nitrogens is 2. The Morgan fingerprint density at radius 2 is 1.89 bits per heavy atom. The summed E-state index contributed by atoms with van der Waals surface area (Å²) in [6.45, 7) is 2.02. The molecule has 2 aromatic rings. The maximum atomic E-state index is 12.7. The first-order valence-corrected chi connectivity index (χ1v) is 9.18. The highest BCUT2D eigenvalue weighted by Crippen LogP contribution is 2.10. The second-order valence-electron chi connectivity index (χ2n) is 6.96. The molecular formula is C19H29N7O2. The molecule has 2 rings (SSSR count). The van der Waals surface area contributed by atoms with Gasteiger partial charge in [0.2, 0.25) is 5.91 Å². The number of nitrogen functional groups attached to an aromatic ring is 2. The van der Waals surface area contributed by atoms with E-state index < -0.39 is 5.69 Å². The fourth-order valence-electron chi connectivity index (χ4n) is 2.90. The summed E-state index contributed by atoms with van der Waals surface area (Å²) in [7, 11) is 3.87. The molecule has 1 aromatic heterocycles. The van der Waals surface area contributed by atoms with E-state index in [4.69, 9.17) is 16.9 Å². The van der Waals surface area contributed by atoms with Gasteiger partial charge in [-0.05, 0) is 26.1 Å². The largest absolute Gasteiger partial charge is 0.383 e. The van der Waals surface area contributed by atoms with Gasteiger partial charge in [0.05, 0.1) is 0 Å². The maximum Gasteiger partial charge on any atom is 0.327 e. The average molecular weight is 387 g/mol. The van der Waals surface area contributed by atoms with Crippen molar-refractivity contribution in [2.45, 2.75) is 25.9 Å². The summed E-state index contributed by atoms with van der Waals surface area (Å²) < 4.78 is 1.35. The summed E-state index contributed by atoms with van der Waals surface area (Å²) in [6, 6.07) is 9.80. The number of rotatable bonds is 10. The number of aromatic amines is 1. The normalized spacial score (nSPS) is 11.0. The van der Waals surface area contributed by atoms with E-state index in [1.54, 1.807) is 4.90 Å². The van der Waals surface area contributed by atoms with Crippen LogP contribution in [-0.4, -0.2) is 58.3 Å². The zero-order chi connectivity index (χ0) is 20.7. The molecule has 6 N–H and O–H groups in total. The Labute approximate surface area is 164 Å². The van der Waals surface area contributed by atoms with E-state index in [0.717, 1.165) is 5.56 Å². The van der Waals surface area contributed by atoms with E-state index in [1.807, 2.05) is 49.3 Å². The predicted octanol–water partition coefficient (Wildman–Crippen LogP) is 0.413. The minimum absolute atomic E-state index is 0.0661. The van der Waals surface area contributed by atoms with Crippen molar-refractivity contribution >= 4 is 17.6 Å². The number of nitrogens with one attached hydrogen (secondary N) is 2. The van der Waals surface area contributed by atoms with Crippen molar-refractivity contribution in [1.29, 1.82) is 5.41 Å². The second-order valence-corrected chi connectivity index (χ2v) is 6.96. The Morgan fingerprint density at radius 3 is 2.46 bits per heavy atom. The molecule has 0 aliphatic heterocycles. The fraction of sp³-hybridized carbons (Fsp3) is 0.421. The van der Waals surface area contributed by atoms with Crippen LogP contribution in [0.15, 0.2) is 35.1 Å². The highest BCUT2D eigenvalue weighted by Gasteiger charge is 2.16. The van der Waals surface area contributed by atoms with Crippen molar-refractivity contribution in [2.24, 2.45) is 5.73 Å². The number of hydrogen-bond acceptors (Lipinski definition) is 5. The van der Waals surface area contributed by atoms with Gasteiger partial charge in [-0.2, -0.15) is 0 Å². The van der Waals surface area contributed by atoms with E-state index >= 15 is 0 Å². The quantitative estimate of drug-likeness (QED) is 0.346. The van der Waals surface area contributed by atoms with Crippen molar-refractivity contribution in [3.63, 3.8) is 0 Å². The van der Waals surface area contributed by atoms with Crippen molar-refractivity contribution in [1.82, 2.24) is 19.4 Å². The number of benzene rings is 1. The summed E-state index contributed by atoms with van der Waals surface area (Å²) >= 11 is 0. The highest BCUT2D eigenvalue weighted by atomic mass is 16.2. The molecule has 0 saturated heterocycles. The van der Waals surface area contributed by atoms with Crippen LogP contribution in [0, 0.1) is 5.41 Å². The Kier molecular flexibility index (Phi) is 7.39.